The number of rotatable bonds is 4. The van der Waals surface area contributed by atoms with Crippen LogP contribution in [0.4, 0.5) is 0 Å². The number of aryl methyl sites for hydroxylation is 1. The number of pyridine rings is 1. The fourth-order valence-electron chi connectivity index (χ4n) is 2.29. The number of nitrogens with two attached hydrogens (primary N) is 1. The third kappa shape index (κ3) is 3.25. The maximum atomic E-state index is 5.98. The molecule has 0 aliphatic heterocycles. The molecule has 0 saturated carbocycles. The van der Waals surface area contributed by atoms with Gasteiger partial charge in [0.1, 0.15) is 5.03 Å². The zero-order valence-electron chi connectivity index (χ0n) is 12.2. The predicted molar refractivity (Wildman–Crippen MR) is 86.4 cm³/mol. The van der Waals surface area contributed by atoms with Crippen molar-refractivity contribution in [2.24, 2.45) is 12.8 Å². The predicted octanol–water partition coefficient (Wildman–Crippen LogP) is 3.01. The molecule has 0 aliphatic carbocycles. The van der Waals surface area contributed by atoms with Crippen LogP contribution in [-0.2, 0) is 13.5 Å². The molecule has 0 spiro atoms. The van der Waals surface area contributed by atoms with Crippen LogP contribution in [0.3, 0.4) is 0 Å². The molecule has 1 unspecified atom stereocenters. The Bertz CT molecular complexity index is 764. The van der Waals surface area contributed by atoms with Crippen molar-refractivity contribution in [2.45, 2.75) is 29.3 Å². The summed E-state index contributed by atoms with van der Waals surface area (Å²) < 4.78 is 1.80. The molecule has 0 saturated heterocycles. The Kier molecular flexibility index (Phi) is 3.94. The zero-order chi connectivity index (χ0) is 14.8. The van der Waals surface area contributed by atoms with E-state index in [1.54, 1.807) is 16.4 Å². The molecule has 0 bridgehead atoms. The second-order valence-electron chi connectivity index (χ2n) is 5.28. The first-order valence-corrected chi connectivity index (χ1v) is 7.74. The molecule has 2 aromatic heterocycles. The van der Waals surface area contributed by atoms with Gasteiger partial charge < -0.3 is 5.73 Å². The van der Waals surface area contributed by atoms with Gasteiger partial charge in [0.15, 0.2) is 0 Å². The third-order valence-electron chi connectivity index (χ3n) is 3.20. The van der Waals surface area contributed by atoms with Gasteiger partial charge in [-0.25, -0.2) is 4.98 Å². The second kappa shape index (κ2) is 5.87. The molecule has 4 nitrogen and oxygen atoms in total. The van der Waals surface area contributed by atoms with E-state index in [1.807, 2.05) is 44.6 Å². The van der Waals surface area contributed by atoms with Crippen molar-refractivity contribution in [1.82, 2.24) is 14.8 Å². The molecule has 1 atom stereocenters. The van der Waals surface area contributed by atoms with Crippen molar-refractivity contribution in [3.05, 3.63) is 48.3 Å². The number of benzene rings is 1. The number of para-hydroxylation sites is 1. The first-order valence-electron chi connectivity index (χ1n) is 6.92. The topological polar surface area (TPSA) is 56.7 Å². The van der Waals surface area contributed by atoms with Crippen molar-refractivity contribution in [3.63, 3.8) is 0 Å². The van der Waals surface area contributed by atoms with Crippen LogP contribution in [0.2, 0.25) is 0 Å². The van der Waals surface area contributed by atoms with Gasteiger partial charge in [-0.15, -0.1) is 0 Å². The maximum absolute atomic E-state index is 5.98. The van der Waals surface area contributed by atoms with Crippen LogP contribution in [-0.4, -0.2) is 20.8 Å². The molecule has 21 heavy (non-hydrogen) atoms. The Hall–Kier alpha value is -1.85. The summed E-state index contributed by atoms with van der Waals surface area (Å²) in [6.07, 6.45) is 4.68. The van der Waals surface area contributed by atoms with Gasteiger partial charge in [0, 0.05) is 24.7 Å². The zero-order valence-corrected chi connectivity index (χ0v) is 13.0. The number of fused-ring (bicyclic) bond motifs is 1. The maximum Gasteiger partial charge on any atom is 0.105 e. The van der Waals surface area contributed by atoms with Crippen molar-refractivity contribution >= 4 is 22.7 Å². The van der Waals surface area contributed by atoms with E-state index in [-0.39, 0.29) is 6.04 Å². The molecule has 2 N–H and O–H groups in total. The van der Waals surface area contributed by atoms with E-state index in [0.717, 1.165) is 27.2 Å². The summed E-state index contributed by atoms with van der Waals surface area (Å²) in [5.41, 5.74) is 8.18. The molecule has 3 rings (SSSR count). The molecular weight excluding hydrogens is 280 g/mol. The van der Waals surface area contributed by atoms with Gasteiger partial charge >= 0.3 is 0 Å². The summed E-state index contributed by atoms with van der Waals surface area (Å²) in [4.78, 5) is 5.89. The lowest BCUT2D eigenvalue weighted by Crippen LogP contribution is -2.18. The molecule has 1 aromatic carbocycles. The average molecular weight is 298 g/mol. The molecule has 2 heterocycles. The van der Waals surface area contributed by atoms with Crippen LogP contribution in [0.25, 0.3) is 10.9 Å². The number of aromatic nitrogens is 3. The first-order chi connectivity index (χ1) is 10.1. The Morgan fingerprint density at radius 2 is 2.14 bits per heavy atom. The van der Waals surface area contributed by atoms with Crippen LogP contribution in [0.15, 0.2) is 52.6 Å². The first kappa shape index (κ1) is 14.1. The Morgan fingerprint density at radius 3 is 2.86 bits per heavy atom. The fraction of sp³-hybridized carbons (Fsp3) is 0.250. The molecular formula is C16H18N4S. The monoisotopic (exact) mass is 298 g/mol. The summed E-state index contributed by atoms with van der Waals surface area (Å²) in [5, 5.41) is 6.38. The van der Waals surface area contributed by atoms with Crippen molar-refractivity contribution in [1.29, 1.82) is 0 Å². The van der Waals surface area contributed by atoms with Gasteiger partial charge in [-0.05, 0) is 31.0 Å². The van der Waals surface area contributed by atoms with Crippen molar-refractivity contribution in [2.75, 3.05) is 0 Å². The molecule has 0 amide bonds. The average Bonchev–Trinajstić information content (AvgIpc) is 2.84. The Labute approximate surface area is 128 Å². The van der Waals surface area contributed by atoms with Gasteiger partial charge in [-0.1, -0.05) is 30.0 Å². The lowest BCUT2D eigenvalue weighted by Gasteiger charge is -2.11. The molecule has 108 valence electrons. The Balaban J connectivity index is 2.04. The lowest BCUT2D eigenvalue weighted by molar-refractivity contribution is 0.724. The van der Waals surface area contributed by atoms with Gasteiger partial charge in [0.25, 0.3) is 0 Å². The summed E-state index contributed by atoms with van der Waals surface area (Å²) in [7, 11) is 1.92. The highest BCUT2D eigenvalue weighted by Gasteiger charge is 2.11. The van der Waals surface area contributed by atoms with Gasteiger partial charge in [0.05, 0.1) is 16.6 Å². The largest absolute Gasteiger partial charge is 0.328 e. The van der Waals surface area contributed by atoms with E-state index < -0.39 is 0 Å². The quantitative estimate of drug-likeness (QED) is 0.804. The molecule has 5 heteroatoms. The Morgan fingerprint density at radius 1 is 1.33 bits per heavy atom. The van der Waals surface area contributed by atoms with Gasteiger partial charge in [-0.3, -0.25) is 4.68 Å². The lowest BCUT2D eigenvalue weighted by atomic mass is 10.1. The molecule has 0 fully saturated rings. The van der Waals surface area contributed by atoms with E-state index in [0.29, 0.717) is 0 Å². The number of nitrogens with zero attached hydrogens (tertiary/aromatic N) is 3. The third-order valence-corrected chi connectivity index (χ3v) is 4.19. The highest BCUT2D eigenvalue weighted by atomic mass is 32.2. The molecule has 0 radical (unpaired) electrons. The van der Waals surface area contributed by atoms with Gasteiger partial charge in [-0.2, -0.15) is 5.10 Å². The van der Waals surface area contributed by atoms with Crippen LogP contribution >= 0.6 is 11.8 Å². The van der Waals surface area contributed by atoms with Crippen LogP contribution in [0.5, 0.6) is 0 Å². The standard InChI is InChI=1S/C16H18N4S/c1-11(17)7-13-8-12-5-3-4-6-15(12)19-16(13)21-14-9-18-20(2)10-14/h3-6,8-11H,7,17H2,1-2H3. The highest BCUT2D eigenvalue weighted by molar-refractivity contribution is 7.99. The van der Waals surface area contributed by atoms with Crippen LogP contribution in [0, 0.1) is 0 Å². The smallest absolute Gasteiger partial charge is 0.105 e. The summed E-state index contributed by atoms with van der Waals surface area (Å²) in [6, 6.07) is 10.5. The summed E-state index contributed by atoms with van der Waals surface area (Å²) >= 11 is 1.64. The molecule has 0 aliphatic rings. The SMILES string of the molecule is CC(N)Cc1cc2ccccc2nc1Sc1cnn(C)c1. The normalized spacial score (nSPS) is 12.7. The van der Waals surface area contributed by atoms with Crippen LogP contribution in [0.1, 0.15) is 12.5 Å². The van der Waals surface area contributed by atoms with Gasteiger partial charge in [0.2, 0.25) is 0 Å². The van der Waals surface area contributed by atoms with Crippen molar-refractivity contribution in [3.8, 4) is 0 Å². The van der Waals surface area contributed by atoms with E-state index in [4.69, 9.17) is 10.7 Å². The van der Waals surface area contributed by atoms with E-state index in [1.165, 1.54) is 5.56 Å². The number of hydrogen-bond donors (Lipinski definition) is 1. The summed E-state index contributed by atoms with van der Waals surface area (Å²) in [6.45, 7) is 2.02. The second-order valence-corrected chi connectivity index (χ2v) is 6.34. The van der Waals surface area contributed by atoms with E-state index in [9.17, 15) is 0 Å². The minimum absolute atomic E-state index is 0.112. The fourth-order valence-corrected chi connectivity index (χ4v) is 3.23. The summed E-state index contributed by atoms with van der Waals surface area (Å²) in [5.74, 6) is 0. The van der Waals surface area contributed by atoms with Crippen molar-refractivity contribution < 1.29 is 0 Å². The highest BCUT2D eigenvalue weighted by Crippen LogP contribution is 2.31. The molecule has 3 aromatic rings. The van der Waals surface area contributed by atoms with Crippen LogP contribution < -0.4 is 5.73 Å². The van der Waals surface area contributed by atoms with E-state index in [2.05, 4.69) is 17.2 Å². The number of hydrogen-bond acceptors (Lipinski definition) is 4. The minimum atomic E-state index is 0.112. The minimum Gasteiger partial charge on any atom is -0.328 e. The van der Waals surface area contributed by atoms with E-state index >= 15 is 0 Å².